The van der Waals surface area contributed by atoms with Crippen molar-refractivity contribution in [1.29, 1.82) is 0 Å². The van der Waals surface area contributed by atoms with Gasteiger partial charge in [0.2, 0.25) is 0 Å². The van der Waals surface area contributed by atoms with E-state index in [0.29, 0.717) is 4.88 Å². The molecule has 0 unspecified atom stereocenters. The SMILES string of the molecule is COc1ccc(NC(=O)c2sc(C)nc2C)cc1. The van der Waals surface area contributed by atoms with Crippen LogP contribution in [-0.4, -0.2) is 18.0 Å². The third kappa shape index (κ3) is 2.68. The van der Waals surface area contributed by atoms with Crippen molar-refractivity contribution in [1.82, 2.24) is 4.98 Å². The molecule has 0 atom stereocenters. The molecule has 94 valence electrons. The Morgan fingerprint density at radius 2 is 1.94 bits per heavy atom. The first-order chi connectivity index (χ1) is 8.60. The highest BCUT2D eigenvalue weighted by Gasteiger charge is 2.13. The molecule has 0 fully saturated rings. The monoisotopic (exact) mass is 262 g/mol. The molecule has 5 heteroatoms. The summed E-state index contributed by atoms with van der Waals surface area (Å²) in [4.78, 5) is 16.9. The molecular formula is C13H14N2O2S. The first-order valence-corrected chi connectivity index (χ1v) is 6.31. The van der Waals surface area contributed by atoms with Gasteiger partial charge in [0.25, 0.3) is 5.91 Å². The molecule has 0 radical (unpaired) electrons. The van der Waals surface area contributed by atoms with E-state index in [-0.39, 0.29) is 5.91 Å². The zero-order valence-electron chi connectivity index (χ0n) is 10.5. The van der Waals surface area contributed by atoms with Crippen LogP contribution in [0.1, 0.15) is 20.4 Å². The van der Waals surface area contributed by atoms with Gasteiger partial charge in [-0.05, 0) is 38.1 Å². The highest BCUT2D eigenvalue weighted by molar-refractivity contribution is 7.13. The van der Waals surface area contributed by atoms with Crippen molar-refractivity contribution in [2.24, 2.45) is 0 Å². The van der Waals surface area contributed by atoms with Gasteiger partial charge >= 0.3 is 0 Å². The molecule has 2 rings (SSSR count). The standard InChI is InChI=1S/C13H14N2O2S/c1-8-12(18-9(2)14-8)13(16)15-10-4-6-11(17-3)7-5-10/h4-7H,1-3H3,(H,15,16). The first-order valence-electron chi connectivity index (χ1n) is 5.49. The van der Waals surface area contributed by atoms with Gasteiger partial charge in [0.15, 0.2) is 0 Å². The van der Waals surface area contributed by atoms with Crippen molar-refractivity contribution < 1.29 is 9.53 Å². The zero-order chi connectivity index (χ0) is 13.1. The smallest absolute Gasteiger partial charge is 0.267 e. The van der Waals surface area contributed by atoms with E-state index in [2.05, 4.69) is 10.3 Å². The Kier molecular flexibility index (Phi) is 3.62. The molecule has 2 aromatic rings. The van der Waals surface area contributed by atoms with Gasteiger partial charge in [-0.1, -0.05) is 0 Å². The topological polar surface area (TPSA) is 51.2 Å². The molecule has 0 bridgehead atoms. The van der Waals surface area contributed by atoms with Crippen LogP contribution >= 0.6 is 11.3 Å². The molecule has 0 aliphatic heterocycles. The first kappa shape index (κ1) is 12.6. The number of rotatable bonds is 3. The van der Waals surface area contributed by atoms with E-state index >= 15 is 0 Å². The second-order valence-electron chi connectivity index (χ2n) is 3.83. The summed E-state index contributed by atoms with van der Waals surface area (Å²) in [6.45, 7) is 3.73. The zero-order valence-corrected chi connectivity index (χ0v) is 11.3. The van der Waals surface area contributed by atoms with Crippen molar-refractivity contribution >= 4 is 22.9 Å². The lowest BCUT2D eigenvalue weighted by molar-refractivity contribution is 0.103. The fourth-order valence-corrected chi connectivity index (χ4v) is 2.42. The van der Waals surface area contributed by atoms with E-state index in [0.717, 1.165) is 22.1 Å². The Bertz CT molecular complexity index is 561. The van der Waals surface area contributed by atoms with Crippen molar-refractivity contribution in [2.75, 3.05) is 12.4 Å². The Balaban J connectivity index is 2.13. The molecule has 1 N–H and O–H groups in total. The van der Waals surface area contributed by atoms with Crippen LogP contribution in [0.4, 0.5) is 5.69 Å². The maximum atomic E-state index is 12.0. The molecule has 0 saturated carbocycles. The number of carbonyl (C=O) groups excluding carboxylic acids is 1. The molecule has 1 aromatic carbocycles. The minimum Gasteiger partial charge on any atom is -0.497 e. The van der Waals surface area contributed by atoms with E-state index in [1.54, 1.807) is 31.4 Å². The van der Waals surface area contributed by atoms with E-state index in [1.165, 1.54) is 11.3 Å². The van der Waals surface area contributed by atoms with Crippen molar-refractivity contribution in [3.8, 4) is 5.75 Å². The van der Waals surface area contributed by atoms with Crippen LogP contribution in [0.5, 0.6) is 5.75 Å². The normalized spacial score (nSPS) is 10.2. The molecular weight excluding hydrogens is 248 g/mol. The van der Waals surface area contributed by atoms with E-state index < -0.39 is 0 Å². The summed E-state index contributed by atoms with van der Waals surface area (Å²) in [7, 11) is 1.61. The maximum absolute atomic E-state index is 12.0. The summed E-state index contributed by atoms with van der Waals surface area (Å²) >= 11 is 1.40. The summed E-state index contributed by atoms with van der Waals surface area (Å²) in [6, 6.07) is 7.22. The van der Waals surface area contributed by atoms with Gasteiger partial charge in [0, 0.05) is 5.69 Å². The average Bonchev–Trinajstić information content (AvgIpc) is 2.69. The third-order valence-electron chi connectivity index (χ3n) is 2.46. The Hall–Kier alpha value is -1.88. The largest absolute Gasteiger partial charge is 0.497 e. The lowest BCUT2D eigenvalue weighted by atomic mass is 10.3. The number of ether oxygens (including phenoxy) is 1. The van der Waals surface area contributed by atoms with E-state index in [4.69, 9.17) is 4.74 Å². The number of thiazole rings is 1. The predicted octanol–water partition coefficient (Wildman–Crippen LogP) is 3.02. The second-order valence-corrected chi connectivity index (χ2v) is 5.03. The van der Waals surface area contributed by atoms with Gasteiger partial charge in [-0.3, -0.25) is 4.79 Å². The molecule has 1 heterocycles. The number of nitrogens with zero attached hydrogens (tertiary/aromatic N) is 1. The van der Waals surface area contributed by atoms with Gasteiger partial charge in [-0.25, -0.2) is 4.98 Å². The minimum atomic E-state index is -0.122. The van der Waals surface area contributed by atoms with Crippen LogP contribution in [0.2, 0.25) is 0 Å². The van der Waals surface area contributed by atoms with Crippen molar-refractivity contribution in [2.45, 2.75) is 13.8 Å². The van der Waals surface area contributed by atoms with Gasteiger partial charge in [-0.2, -0.15) is 0 Å². The van der Waals surface area contributed by atoms with Gasteiger partial charge in [0.05, 0.1) is 17.8 Å². The molecule has 0 saturated heterocycles. The quantitative estimate of drug-likeness (QED) is 0.925. The van der Waals surface area contributed by atoms with E-state index in [9.17, 15) is 4.79 Å². The fourth-order valence-electron chi connectivity index (χ4n) is 1.60. The van der Waals surface area contributed by atoms with E-state index in [1.807, 2.05) is 13.8 Å². The van der Waals surface area contributed by atoms with Crippen molar-refractivity contribution in [3.05, 3.63) is 39.8 Å². The molecule has 1 aromatic heterocycles. The van der Waals surface area contributed by atoms with Gasteiger partial charge in [0.1, 0.15) is 10.6 Å². The predicted molar refractivity (Wildman–Crippen MR) is 72.5 cm³/mol. The number of nitrogens with one attached hydrogen (secondary N) is 1. The molecule has 0 aliphatic carbocycles. The lowest BCUT2D eigenvalue weighted by Gasteiger charge is -2.05. The average molecular weight is 262 g/mol. The Labute approximate surface area is 110 Å². The third-order valence-corrected chi connectivity index (χ3v) is 3.53. The number of amides is 1. The second kappa shape index (κ2) is 5.18. The van der Waals surface area contributed by atoms with Gasteiger partial charge in [-0.15, -0.1) is 11.3 Å². The molecule has 18 heavy (non-hydrogen) atoms. The maximum Gasteiger partial charge on any atom is 0.267 e. The summed E-state index contributed by atoms with van der Waals surface area (Å²) in [5, 5.41) is 3.74. The number of aromatic nitrogens is 1. The molecule has 0 spiro atoms. The Morgan fingerprint density at radius 1 is 1.28 bits per heavy atom. The number of anilines is 1. The lowest BCUT2D eigenvalue weighted by Crippen LogP contribution is -2.11. The number of hydrogen-bond acceptors (Lipinski definition) is 4. The molecule has 4 nitrogen and oxygen atoms in total. The van der Waals surface area contributed by atoms with Crippen LogP contribution in [0, 0.1) is 13.8 Å². The van der Waals surface area contributed by atoms with Crippen LogP contribution in [0.3, 0.4) is 0 Å². The van der Waals surface area contributed by atoms with Crippen LogP contribution in [0.15, 0.2) is 24.3 Å². The molecule has 1 amide bonds. The van der Waals surface area contributed by atoms with Crippen LogP contribution < -0.4 is 10.1 Å². The summed E-state index contributed by atoms with van der Waals surface area (Å²) < 4.78 is 5.06. The summed E-state index contributed by atoms with van der Waals surface area (Å²) in [5.74, 6) is 0.640. The number of aryl methyl sites for hydroxylation is 2. The molecule has 0 aliphatic rings. The number of methoxy groups -OCH3 is 1. The summed E-state index contributed by atoms with van der Waals surface area (Å²) in [6.07, 6.45) is 0. The number of hydrogen-bond donors (Lipinski definition) is 1. The fraction of sp³-hybridized carbons (Fsp3) is 0.231. The van der Waals surface area contributed by atoms with Gasteiger partial charge < -0.3 is 10.1 Å². The highest BCUT2D eigenvalue weighted by atomic mass is 32.1. The van der Waals surface area contributed by atoms with Crippen molar-refractivity contribution in [3.63, 3.8) is 0 Å². The van der Waals surface area contributed by atoms with Crippen LogP contribution in [0.25, 0.3) is 0 Å². The van der Waals surface area contributed by atoms with Crippen LogP contribution in [-0.2, 0) is 0 Å². The number of benzene rings is 1. The number of carbonyl (C=O) groups is 1. The highest BCUT2D eigenvalue weighted by Crippen LogP contribution is 2.20. The Morgan fingerprint density at radius 3 is 2.44 bits per heavy atom. The summed E-state index contributed by atoms with van der Waals surface area (Å²) in [5.41, 5.74) is 1.51. The minimum absolute atomic E-state index is 0.122.